The van der Waals surface area contributed by atoms with Crippen LogP contribution < -0.4 is 17.3 Å². The third-order valence-corrected chi connectivity index (χ3v) is 6.16. The number of anilines is 1. The fourth-order valence-electron chi connectivity index (χ4n) is 4.48. The first-order valence-corrected chi connectivity index (χ1v) is 10.3. The number of urea groups is 1. The highest BCUT2D eigenvalue weighted by Crippen LogP contribution is 2.27. The maximum atomic E-state index is 12.3. The van der Waals surface area contributed by atoms with Gasteiger partial charge in [-0.05, 0) is 51.3 Å². The number of benzene rings is 1. The molecule has 0 saturated carbocycles. The Kier molecular flexibility index (Phi) is 6.83. The molecule has 3 fully saturated rings. The van der Waals surface area contributed by atoms with Crippen LogP contribution in [0.4, 0.5) is 10.5 Å². The van der Waals surface area contributed by atoms with E-state index >= 15 is 0 Å². The summed E-state index contributed by atoms with van der Waals surface area (Å²) in [6.07, 6.45) is 3.74. The van der Waals surface area contributed by atoms with E-state index in [2.05, 4.69) is 41.0 Å². The van der Waals surface area contributed by atoms with Crippen LogP contribution in [0.25, 0.3) is 0 Å². The van der Waals surface area contributed by atoms with Gasteiger partial charge in [0.2, 0.25) is 0 Å². The van der Waals surface area contributed by atoms with Crippen molar-refractivity contribution in [2.75, 3.05) is 50.7 Å². The zero-order valence-corrected chi connectivity index (χ0v) is 17.4. The molecule has 4 rings (SSSR count). The standard InChI is InChI=1S/C21H30N4O2.ClH/c1-17-6-8-18(9-7-17)23-15-13-22(14-16-23)10-2-3-11-25-20(26)19-5-4-12-24(19)21(25)27;/h6-9,19H,2-5,10-16H2,1H3;1H/p-1. The molecule has 7 heteroatoms. The van der Waals surface area contributed by atoms with Gasteiger partial charge >= 0.3 is 6.03 Å². The number of fused-ring (bicyclic) bond motifs is 1. The number of unbranched alkanes of at least 4 members (excludes halogenated alkanes) is 1. The molecule has 3 aliphatic rings. The van der Waals surface area contributed by atoms with Crippen molar-refractivity contribution in [3.8, 4) is 0 Å². The van der Waals surface area contributed by atoms with Crippen LogP contribution in [0.15, 0.2) is 24.3 Å². The molecule has 28 heavy (non-hydrogen) atoms. The predicted molar refractivity (Wildman–Crippen MR) is 106 cm³/mol. The van der Waals surface area contributed by atoms with Gasteiger partial charge in [-0.2, -0.15) is 0 Å². The first-order chi connectivity index (χ1) is 13.1. The Morgan fingerprint density at radius 1 is 0.929 bits per heavy atom. The van der Waals surface area contributed by atoms with Gasteiger partial charge < -0.3 is 22.2 Å². The molecule has 0 N–H and O–H groups in total. The molecule has 3 aliphatic heterocycles. The molecule has 0 bridgehead atoms. The molecule has 1 aromatic rings. The maximum Gasteiger partial charge on any atom is 0.327 e. The van der Waals surface area contributed by atoms with Crippen LogP contribution in [0.5, 0.6) is 0 Å². The van der Waals surface area contributed by atoms with Crippen LogP contribution in [0.1, 0.15) is 31.2 Å². The highest BCUT2D eigenvalue weighted by atomic mass is 35.5. The first-order valence-electron chi connectivity index (χ1n) is 10.3. The van der Waals surface area contributed by atoms with Gasteiger partial charge in [-0.15, -0.1) is 0 Å². The van der Waals surface area contributed by atoms with E-state index in [9.17, 15) is 9.59 Å². The Labute approximate surface area is 173 Å². The van der Waals surface area contributed by atoms with Crippen molar-refractivity contribution in [1.82, 2.24) is 14.7 Å². The number of carbonyl (C=O) groups is 2. The van der Waals surface area contributed by atoms with Gasteiger partial charge in [-0.3, -0.25) is 14.6 Å². The van der Waals surface area contributed by atoms with E-state index in [4.69, 9.17) is 0 Å². The fourth-order valence-corrected chi connectivity index (χ4v) is 4.48. The van der Waals surface area contributed by atoms with Crippen LogP contribution in [0.2, 0.25) is 0 Å². The second-order valence-corrected chi connectivity index (χ2v) is 8.00. The SMILES string of the molecule is Cc1ccc(N2CCN(CCCCN3C(=O)C4CCCN4C3=O)CC2)cc1.[Cl-]. The Balaban J connectivity index is 0.00000225. The molecule has 6 nitrogen and oxygen atoms in total. The molecule has 1 atom stereocenters. The number of nitrogens with zero attached hydrogens (tertiary/aromatic N) is 4. The summed E-state index contributed by atoms with van der Waals surface area (Å²) in [5.74, 6) is 0.0317. The number of halogens is 1. The fraction of sp³-hybridized carbons (Fsp3) is 0.619. The molecule has 1 unspecified atom stereocenters. The summed E-state index contributed by atoms with van der Waals surface area (Å²) in [6, 6.07) is 8.54. The van der Waals surface area contributed by atoms with E-state index < -0.39 is 0 Å². The molecule has 3 saturated heterocycles. The van der Waals surface area contributed by atoms with Crippen molar-refractivity contribution in [3.63, 3.8) is 0 Å². The molecule has 0 spiro atoms. The summed E-state index contributed by atoms with van der Waals surface area (Å²) in [4.78, 5) is 32.8. The van der Waals surface area contributed by atoms with E-state index in [0.717, 1.165) is 65.0 Å². The summed E-state index contributed by atoms with van der Waals surface area (Å²) in [5.41, 5.74) is 2.61. The van der Waals surface area contributed by atoms with Crippen molar-refractivity contribution >= 4 is 17.6 Å². The van der Waals surface area contributed by atoms with Crippen LogP contribution in [0, 0.1) is 6.92 Å². The Bertz CT molecular complexity index is 666. The van der Waals surface area contributed by atoms with Gasteiger partial charge in [0.25, 0.3) is 5.91 Å². The quantitative estimate of drug-likeness (QED) is 0.465. The van der Waals surface area contributed by atoms with Gasteiger partial charge in [-0.25, -0.2) is 4.79 Å². The highest BCUT2D eigenvalue weighted by molar-refractivity contribution is 6.04. The van der Waals surface area contributed by atoms with Gasteiger partial charge in [0.1, 0.15) is 6.04 Å². The van der Waals surface area contributed by atoms with E-state index in [1.54, 1.807) is 4.90 Å². The minimum absolute atomic E-state index is 0. The Morgan fingerprint density at radius 2 is 1.61 bits per heavy atom. The van der Waals surface area contributed by atoms with Crippen molar-refractivity contribution in [2.45, 2.75) is 38.6 Å². The lowest BCUT2D eigenvalue weighted by Crippen LogP contribution is -3.00. The number of carbonyl (C=O) groups excluding carboxylic acids is 2. The second-order valence-electron chi connectivity index (χ2n) is 8.00. The monoisotopic (exact) mass is 405 g/mol. The topological polar surface area (TPSA) is 47.1 Å². The summed E-state index contributed by atoms with van der Waals surface area (Å²) < 4.78 is 0. The summed E-state index contributed by atoms with van der Waals surface area (Å²) in [7, 11) is 0. The zero-order chi connectivity index (χ0) is 18.8. The van der Waals surface area contributed by atoms with Gasteiger partial charge in [0, 0.05) is 45.0 Å². The van der Waals surface area contributed by atoms with E-state index in [-0.39, 0.29) is 30.4 Å². The number of aryl methyl sites for hydroxylation is 1. The average molecular weight is 406 g/mol. The molecule has 0 aliphatic carbocycles. The second kappa shape index (κ2) is 9.14. The number of hydrogen-bond acceptors (Lipinski definition) is 4. The molecule has 3 heterocycles. The lowest BCUT2D eigenvalue weighted by Gasteiger charge is -2.36. The highest BCUT2D eigenvalue weighted by Gasteiger charge is 2.46. The minimum atomic E-state index is -0.160. The van der Waals surface area contributed by atoms with Gasteiger partial charge in [0.05, 0.1) is 0 Å². The molecular formula is C21H30ClN4O2-. The molecule has 3 amide bonds. The summed E-state index contributed by atoms with van der Waals surface area (Å²) >= 11 is 0. The molecular weight excluding hydrogens is 376 g/mol. The van der Waals surface area contributed by atoms with E-state index in [0.29, 0.717) is 6.54 Å². The van der Waals surface area contributed by atoms with Crippen LogP contribution >= 0.6 is 0 Å². The van der Waals surface area contributed by atoms with Gasteiger partial charge in [-0.1, -0.05) is 17.7 Å². The van der Waals surface area contributed by atoms with Crippen molar-refractivity contribution in [1.29, 1.82) is 0 Å². The minimum Gasteiger partial charge on any atom is -1.00 e. The third kappa shape index (κ3) is 4.28. The number of rotatable bonds is 6. The average Bonchev–Trinajstić information content (AvgIpc) is 3.25. The summed E-state index contributed by atoms with van der Waals surface area (Å²) in [6.45, 7) is 8.76. The molecule has 0 aromatic heterocycles. The van der Waals surface area contributed by atoms with Crippen LogP contribution in [-0.2, 0) is 4.79 Å². The third-order valence-electron chi connectivity index (χ3n) is 6.16. The molecule has 0 radical (unpaired) electrons. The molecule has 1 aromatic carbocycles. The summed E-state index contributed by atoms with van der Waals surface area (Å²) in [5, 5.41) is 0. The van der Waals surface area contributed by atoms with Crippen molar-refractivity contribution in [3.05, 3.63) is 29.8 Å². The first kappa shape index (κ1) is 20.9. The zero-order valence-electron chi connectivity index (χ0n) is 16.6. The van der Waals surface area contributed by atoms with Crippen molar-refractivity contribution in [2.24, 2.45) is 0 Å². The van der Waals surface area contributed by atoms with Crippen molar-refractivity contribution < 1.29 is 22.0 Å². The predicted octanol–water partition coefficient (Wildman–Crippen LogP) is -0.672. The number of amides is 3. The van der Waals surface area contributed by atoms with E-state index in [1.807, 2.05) is 0 Å². The smallest absolute Gasteiger partial charge is 0.327 e. The van der Waals surface area contributed by atoms with Crippen LogP contribution in [0.3, 0.4) is 0 Å². The molecule has 154 valence electrons. The maximum absolute atomic E-state index is 12.3. The number of piperazine rings is 1. The number of imide groups is 1. The van der Waals surface area contributed by atoms with E-state index in [1.165, 1.54) is 16.2 Å². The normalized spacial score (nSPS) is 22.6. The van der Waals surface area contributed by atoms with Gasteiger partial charge in [0.15, 0.2) is 0 Å². The Morgan fingerprint density at radius 3 is 2.29 bits per heavy atom. The lowest BCUT2D eigenvalue weighted by atomic mass is 10.2. The number of hydrogen-bond donors (Lipinski definition) is 0. The van der Waals surface area contributed by atoms with Crippen LogP contribution in [-0.4, -0.2) is 78.5 Å². The Hall–Kier alpha value is -1.79. The largest absolute Gasteiger partial charge is 1.00 e. The lowest BCUT2D eigenvalue weighted by molar-refractivity contribution is -0.128.